The molecule has 17 heavy (non-hydrogen) atoms. The van der Waals surface area contributed by atoms with Gasteiger partial charge in [0.25, 0.3) is 0 Å². The summed E-state index contributed by atoms with van der Waals surface area (Å²) >= 11 is 2.32. The summed E-state index contributed by atoms with van der Waals surface area (Å²) in [4.78, 5) is 0. The van der Waals surface area contributed by atoms with Crippen LogP contribution in [0.4, 0.5) is 0 Å². The zero-order chi connectivity index (χ0) is 12.2. The van der Waals surface area contributed by atoms with Gasteiger partial charge in [0, 0.05) is 22.2 Å². The van der Waals surface area contributed by atoms with Crippen molar-refractivity contribution >= 4 is 35.0 Å². The molecule has 1 rings (SSSR count). The lowest BCUT2D eigenvalue weighted by Gasteiger charge is -2.33. The normalized spacial score (nSPS) is 14.2. The van der Waals surface area contributed by atoms with Crippen molar-refractivity contribution in [3.8, 4) is 0 Å². The van der Waals surface area contributed by atoms with E-state index in [1.54, 1.807) is 0 Å². The summed E-state index contributed by atoms with van der Waals surface area (Å²) in [5.74, 6) is 0.529. The summed E-state index contributed by atoms with van der Waals surface area (Å²) in [5, 5.41) is 3.55. The van der Waals surface area contributed by atoms with Crippen LogP contribution in [0.5, 0.6) is 0 Å². The molecule has 0 radical (unpaired) electrons. The van der Waals surface area contributed by atoms with E-state index >= 15 is 0 Å². The monoisotopic (exact) mass is 368 g/mol. The molecular weight excluding hydrogens is 347 g/mol. The van der Waals surface area contributed by atoms with E-state index in [9.17, 15) is 0 Å². The predicted molar refractivity (Wildman–Crippen MR) is 85.5 cm³/mol. The molecule has 0 bridgehead atoms. The molecule has 0 spiro atoms. The van der Waals surface area contributed by atoms with Crippen LogP contribution in [0.1, 0.15) is 26.3 Å². The van der Waals surface area contributed by atoms with Crippen LogP contribution in [-0.2, 0) is 6.54 Å². The van der Waals surface area contributed by atoms with Gasteiger partial charge in [-0.15, -0.1) is 12.4 Å². The SMILES string of the molecule is CC(C)C(C)(CN)NCc1ccc(I)cc1.Cl. The van der Waals surface area contributed by atoms with Crippen molar-refractivity contribution in [3.05, 3.63) is 33.4 Å². The molecule has 0 fully saturated rings. The Morgan fingerprint density at radius 3 is 2.24 bits per heavy atom. The standard InChI is InChI=1S/C13H21IN2.ClH/c1-10(2)13(3,9-15)16-8-11-4-6-12(14)7-5-11;/h4-7,10,16H,8-9,15H2,1-3H3;1H. The van der Waals surface area contributed by atoms with Gasteiger partial charge in [0.15, 0.2) is 0 Å². The Morgan fingerprint density at radius 1 is 1.29 bits per heavy atom. The molecule has 0 aliphatic carbocycles. The molecule has 0 heterocycles. The number of hydrogen-bond acceptors (Lipinski definition) is 2. The molecule has 0 saturated heterocycles. The topological polar surface area (TPSA) is 38.0 Å². The van der Waals surface area contributed by atoms with Gasteiger partial charge in [0.1, 0.15) is 0 Å². The van der Waals surface area contributed by atoms with Crippen LogP contribution in [0.25, 0.3) is 0 Å². The van der Waals surface area contributed by atoms with Crippen molar-refractivity contribution in [2.75, 3.05) is 6.54 Å². The van der Waals surface area contributed by atoms with Crippen molar-refractivity contribution in [3.63, 3.8) is 0 Å². The Morgan fingerprint density at radius 2 is 1.82 bits per heavy atom. The van der Waals surface area contributed by atoms with E-state index in [2.05, 4.69) is 72.9 Å². The molecule has 1 aromatic rings. The fraction of sp³-hybridized carbons (Fsp3) is 0.538. The third-order valence-electron chi connectivity index (χ3n) is 3.31. The smallest absolute Gasteiger partial charge is 0.0301 e. The van der Waals surface area contributed by atoms with E-state index in [4.69, 9.17) is 5.73 Å². The first kappa shape index (κ1) is 17.2. The Labute approximate surface area is 124 Å². The fourth-order valence-corrected chi connectivity index (χ4v) is 1.78. The van der Waals surface area contributed by atoms with E-state index in [-0.39, 0.29) is 17.9 Å². The molecule has 0 amide bonds. The third-order valence-corrected chi connectivity index (χ3v) is 4.03. The average Bonchev–Trinajstić information content (AvgIpc) is 2.27. The Balaban J connectivity index is 0.00000256. The first-order valence-electron chi connectivity index (χ1n) is 5.67. The van der Waals surface area contributed by atoms with Crippen molar-refractivity contribution < 1.29 is 0 Å². The zero-order valence-electron chi connectivity index (χ0n) is 10.7. The van der Waals surface area contributed by atoms with E-state index in [1.807, 2.05) is 0 Å². The van der Waals surface area contributed by atoms with Crippen molar-refractivity contribution in [1.82, 2.24) is 5.32 Å². The van der Waals surface area contributed by atoms with Gasteiger partial charge in [-0.3, -0.25) is 0 Å². The first-order valence-corrected chi connectivity index (χ1v) is 6.75. The van der Waals surface area contributed by atoms with Crippen LogP contribution in [0.3, 0.4) is 0 Å². The number of nitrogens with two attached hydrogens (primary N) is 1. The Hall–Kier alpha value is 0.160. The van der Waals surface area contributed by atoms with Gasteiger partial charge >= 0.3 is 0 Å². The summed E-state index contributed by atoms with van der Waals surface area (Å²) in [7, 11) is 0. The van der Waals surface area contributed by atoms with E-state index in [0.717, 1.165) is 6.54 Å². The average molecular weight is 369 g/mol. The minimum atomic E-state index is 0. The summed E-state index contributed by atoms with van der Waals surface area (Å²) in [6.07, 6.45) is 0. The van der Waals surface area contributed by atoms with Crippen LogP contribution in [0.15, 0.2) is 24.3 Å². The quantitative estimate of drug-likeness (QED) is 0.784. The summed E-state index contributed by atoms with van der Waals surface area (Å²) in [6.45, 7) is 8.13. The number of rotatable bonds is 5. The van der Waals surface area contributed by atoms with Gasteiger partial charge in [0.05, 0.1) is 0 Å². The van der Waals surface area contributed by atoms with Gasteiger partial charge in [-0.1, -0.05) is 26.0 Å². The fourth-order valence-electron chi connectivity index (χ4n) is 1.42. The number of benzene rings is 1. The predicted octanol–water partition coefficient (Wildman–Crippen LogP) is 3.18. The minimum Gasteiger partial charge on any atom is -0.329 e. The van der Waals surface area contributed by atoms with Crippen molar-refractivity contribution in [1.29, 1.82) is 0 Å². The Bertz CT molecular complexity index is 327. The maximum absolute atomic E-state index is 5.83. The van der Waals surface area contributed by atoms with Crippen molar-refractivity contribution in [2.45, 2.75) is 32.9 Å². The van der Waals surface area contributed by atoms with Gasteiger partial charge in [0.2, 0.25) is 0 Å². The molecule has 0 aliphatic rings. The highest BCUT2D eigenvalue weighted by molar-refractivity contribution is 14.1. The highest BCUT2D eigenvalue weighted by Crippen LogP contribution is 2.16. The molecule has 2 nitrogen and oxygen atoms in total. The lowest BCUT2D eigenvalue weighted by molar-refractivity contribution is 0.267. The minimum absolute atomic E-state index is 0. The molecule has 98 valence electrons. The molecule has 0 saturated carbocycles. The largest absolute Gasteiger partial charge is 0.329 e. The van der Waals surface area contributed by atoms with Crippen LogP contribution in [0.2, 0.25) is 0 Å². The highest BCUT2D eigenvalue weighted by Gasteiger charge is 2.25. The summed E-state index contributed by atoms with van der Waals surface area (Å²) in [6, 6.07) is 8.58. The summed E-state index contributed by atoms with van der Waals surface area (Å²) in [5.41, 5.74) is 7.16. The molecule has 4 heteroatoms. The highest BCUT2D eigenvalue weighted by atomic mass is 127. The van der Waals surface area contributed by atoms with Gasteiger partial charge in [-0.2, -0.15) is 0 Å². The molecule has 0 aromatic heterocycles. The van der Waals surface area contributed by atoms with Crippen LogP contribution >= 0.6 is 35.0 Å². The Kier molecular flexibility index (Phi) is 7.63. The molecular formula is C13H22ClIN2. The lowest BCUT2D eigenvalue weighted by Crippen LogP contribution is -2.52. The second-order valence-corrected chi connectivity index (χ2v) is 6.00. The van der Waals surface area contributed by atoms with E-state index in [0.29, 0.717) is 12.5 Å². The van der Waals surface area contributed by atoms with E-state index in [1.165, 1.54) is 9.13 Å². The van der Waals surface area contributed by atoms with Crippen LogP contribution < -0.4 is 11.1 Å². The molecule has 0 aliphatic heterocycles. The lowest BCUT2D eigenvalue weighted by atomic mass is 9.88. The second kappa shape index (κ2) is 7.56. The second-order valence-electron chi connectivity index (χ2n) is 4.76. The summed E-state index contributed by atoms with van der Waals surface area (Å²) < 4.78 is 1.27. The maximum Gasteiger partial charge on any atom is 0.0301 e. The van der Waals surface area contributed by atoms with Gasteiger partial charge < -0.3 is 11.1 Å². The van der Waals surface area contributed by atoms with Gasteiger partial charge in [-0.25, -0.2) is 0 Å². The van der Waals surface area contributed by atoms with Crippen LogP contribution in [-0.4, -0.2) is 12.1 Å². The first-order chi connectivity index (χ1) is 7.48. The molecule has 1 unspecified atom stereocenters. The van der Waals surface area contributed by atoms with E-state index < -0.39 is 0 Å². The van der Waals surface area contributed by atoms with Crippen molar-refractivity contribution in [2.24, 2.45) is 11.7 Å². The zero-order valence-corrected chi connectivity index (χ0v) is 13.6. The van der Waals surface area contributed by atoms with Crippen LogP contribution in [0, 0.1) is 9.49 Å². The third kappa shape index (κ3) is 5.12. The maximum atomic E-state index is 5.83. The number of nitrogens with one attached hydrogen (secondary N) is 1. The molecule has 1 aromatic carbocycles. The number of halogens is 2. The molecule has 3 N–H and O–H groups in total. The number of hydrogen-bond donors (Lipinski definition) is 2. The molecule has 1 atom stereocenters. The van der Waals surface area contributed by atoms with Gasteiger partial charge in [-0.05, 0) is 53.1 Å².